The first-order valence-electron chi connectivity index (χ1n) is 6.48. The summed E-state index contributed by atoms with van der Waals surface area (Å²) in [5.41, 5.74) is -0.628. The van der Waals surface area contributed by atoms with Gasteiger partial charge in [0.15, 0.2) is 5.54 Å². The maximum Gasteiger partial charge on any atom is 0.332 e. The van der Waals surface area contributed by atoms with Crippen molar-refractivity contribution in [3.05, 3.63) is 35.9 Å². The Hall–Kier alpha value is -2.35. The molecule has 0 spiro atoms. The van der Waals surface area contributed by atoms with Crippen molar-refractivity contribution in [1.82, 2.24) is 4.90 Å². The molecule has 0 aliphatic carbocycles. The number of likely N-dealkylation sites (tertiary alicyclic amines) is 1. The molecular formula is C15H16N2O3. The van der Waals surface area contributed by atoms with Gasteiger partial charge in [0.25, 0.3) is 5.91 Å². The first-order valence-corrected chi connectivity index (χ1v) is 6.48. The van der Waals surface area contributed by atoms with Gasteiger partial charge in [-0.1, -0.05) is 18.2 Å². The van der Waals surface area contributed by atoms with Crippen LogP contribution in [-0.4, -0.2) is 36.0 Å². The molecule has 0 N–H and O–H groups in total. The van der Waals surface area contributed by atoms with Crippen molar-refractivity contribution >= 4 is 11.9 Å². The van der Waals surface area contributed by atoms with Gasteiger partial charge in [0, 0.05) is 12.1 Å². The van der Waals surface area contributed by atoms with Crippen LogP contribution in [0.1, 0.15) is 29.6 Å². The van der Waals surface area contributed by atoms with Crippen LogP contribution in [0.25, 0.3) is 0 Å². The van der Waals surface area contributed by atoms with E-state index >= 15 is 0 Å². The van der Waals surface area contributed by atoms with Crippen LogP contribution in [-0.2, 0) is 9.53 Å². The van der Waals surface area contributed by atoms with Gasteiger partial charge in [0.2, 0.25) is 0 Å². The molecule has 1 aliphatic heterocycles. The van der Waals surface area contributed by atoms with Crippen molar-refractivity contribution in [2.45, 2.75) is 24.8 Å². The molecule has 5 nitrogen and oxygen atoms in total. The van der Waals surface area contributed by atoms with E-state index in [9.17, 15) is 9.59 Å². The van der Waals surface area contributed by atoms with Crippen LogP contribution in [0.5, 0.6) is 0 Å². The highest BCUT2D eigenvalue weighted by molar-refractivity contribution is 5.98. The van der Waals surface area contributed by atoms with Gasteiger partial charge < -0.3 is 9.64 Å². The van der Waals surface area contributed by atoms with Gasteiger partial charge in [0.1, 0.15) is 0 Å². The smallest absolute Gasteiger partial charge is 0.332 e. The molecule has 1 unspecified atom stereocenters. The van der Waals surface area contributed by atoms with Crippen molar-refractivity contribution in [3.63, 3.8) is 0 Å². The van der Waals surface area contributed by atoms with Crippen molar-refractivity contribution < 1.29 is 14.3 Å². The second kappa shape index (κ2) is 5.74. The van der Waals surface area contributed by atoms with E-state index in [-0.39, 0.29) is 12.3 Å². The second-order valence-corrected chi connectivity index (χ2v) is 4.78. The largest absolute Gasteiger partial charge is 0.467 e. The van der Waals surface area contributed by atoms with Crippen molar-refractivity contribution in [1.29, 1.82) is 5.26 Å². The van der Waals surface area contributed by atoms with Gasteiger partial charge >= 0.3 is 5.97 Å². The maximum absolute atomic E-state index is 12.6. The molecule has 1 aromatic rings. The van der Waals surface area contributed by atoms with E-state index in [0.29, 0.717) is 24.9 Å². The lowest BCUT2D eigenvalue weighted by molar-refractivity contribution is -0.151. The van der Waals surface area contributed by atoms with Crippen LogP contribution in [0.15, 0.2) is 30.3 Å². The number of carbonyl (C=O) groups is 2. The number of hydrogen-bond donors (Lipinski definition) is 0. The third-order valence-corrected chi connectivity index (χ3v) is 3.69. The Labute approximate surface area is 117 Å². The zero-order chi connectivity index (χ0) is 14.6. The van der Waals surface area contributed by atoms with Crippen molar-refractivity contribution in [2.75, 3.05) is 13.7 Å². The Kier molecular flexibility index (Phi) is 4.04. The Morgan fingerprint density at radius 1 is 1.40 bits per heavy atom. The summed E-state index contributed by atoms with van der Waals surface area (Å²) >= 11 is 0. The monoisotopic (exact) mass is 272 g/mol. The molecule has 1 fully saturated rings. The highest BCUT2D eigenvalue weighted by Gasteiger charge is 2.50. The summed E-state index contributed by atoms with van der Waals surface area (Å²) in [6.45, 7) is 0.463. The average molecular weight is 272 g/mol. The highest BCUT2D eigenvalue weighted by Crippen LogP contribution is 2.34. The number of rotatable bonds is 3. The number of esters is 1. The molecule has 1 aliphatic rings. The normalized spacial score (nSPS) is 21.3. The van der Waals surface area contributed by atoms with Gasteiger partial charge in [0.05, 0.1) is 19.6 Å². The van der Waals surface area contributed by atoms with E-state index in [1.165, 1.54) is 12.0 Å². The third-order valence-electron chi connectivity index (χ3n) is 3.69. The number of carbonyl (C=O) groups excluding carboxylic acids is 2. The first-order chi connectivity index (χ1) is 9.65. The molecule has 0 bridgehead atoms. The number of ether oxygens (including phenoxy) is 1. The predicted molar refractivity (Wildman–Crippen MR) is 71.7 cm³/mol. The molecule has 0 saturated carbocycles. The SMILES string of the molecule is COC(=O)C1(CC#N)CCCN1C(=O)c1ccccc1. The Bertz CT molecular complexity index is 550. The van der Waals surface area contributed by atoms with E-state index in [4.69, 9.17) is 10.00 Å². The van der Waals surface area contributed by atoms with Crippen LogP contribution in [0.3, 0.4) is 0 Å². The first kappa shape index (κ1) is 14.1. The lowest BCUT2D eigenvalue weighted by atomic mass is 9.92. The van der Waals surface area contributed by atoms with Crippen LogP contribution < -0.4 is 0 Å². The van der Waals surface area contributed by atoms with E-state index in [1.807, 2.05) is 12.1 Å². The molecule has 1 heterocycles. The summed E-state index contributed by atoms with van der Waals surface area (Å²) in [4.78, 5) is 26.2. The predicted octanol–water partition coefficient (Wildman–Crippen LogP) is 1.75. The molecule has 1 saturated heterocycles. The van der Waals surface area contributed by atoms with Crippen molar-refractivity contribution in [3.8, 4) is 6.07 Å². The minimum absolute atomic E-state index is 0.0434. The molecule has 1 atom stereocenters. The standard InChI is InChI=1S/C15H16N2O3/c1-20-14(19)15(9-10-16)8-5-11-17(15)13(18)12-6-3-2-4-7-12/h2-4,6-7H,5,8-9,11H2,1H3. The quantitative estimate of drug-likeness (QED) is 0.786. The summed E-state index contributed by atoms with van der Waals surface area (Å²) < 4.78 is 4.82. The zero-order valence-electron chi connectivity index (χ0n) is 11.3. The molecule has 2 rings (SSSR count). The van der Waals surface area contributed by atoms with E-state index < -0.39 is 11.5 Å². The van der Waals surface area contributed by atoms with Gasteiger partial charge in [-0.3, -0.25) is 4.79 Å². The average Bonchev–Trinajstić information content (AvgIpc) is 2.91. The topological polar surface area (TPSA) is 70.4 Å². The van der Waals surface area contributed by atoms with E-state index in [0.717, 1.165) is 0 Å². The van der Waals surface area contributed by atoms with Crippen LogP contribution in [0.4, 0.5) is 0 Å². The molecule has 1 amide bonds. The minimum Gasteiger partial charge on any atom is -0.467 e. The van der Waals surface area contributed by atoms with Gasteiger partial charge in [-0.2, -0.15) is 5.26 Å². The molecule has 0 radical (unpaired) electrons. The lowest BCUT2D eigenvalue weighted by Crippen LogP contribution is -2.53. The zero-order valence-corrected chi connectivity index (χ0v) is 11.3. The number of hydrogen-bond acceptors (Lipinski definition) is 4. The molecular weight excluding hydrogens is 256 g/mol. The Morgan fingerprint density at radius 3 is 2.70 bits per heavy atom. The Balaban J connectivity index is 2.36. The number of benzene rings is 1. The lowest BCUT2D eigenvalue weighted by Gasteiger charge is -2.34. The molecule has 1 aromatic carbocycles. The number of amides is 1. The molecule has 20 heavy (non-hydrogen) atoms. The van der Waals surface area contributed by atoms with E-state index in [2.05, 4.69) is 0 Å². The fraction of sp³-hybridized carbons (Fsp3) is 0.400. The van der Waals surface area contributed by atoms with Crippen LogP contribution in [0, 0.1) is 11.3 Å². The fourth-order valence-corrected chi connectivity index (χ4v) is 2.70. The Morgan fingerprint density at radius 2 is 2.10 bits per heavy atom. The van der Waals surface area contributed by atoms with Gasteiger partial charge in [-0.05, 0) is 25.0 Å². The maximum atomic E-state index is 12.6. The third kappa shape index (κ3) is 2.25. The fourth-order valence-electron chi connectivity index (χ4n) is 2.70. The summed E-state index contributed by atoms with van der Waals surface area (Å²) in [5, 5.41) is 9.01. The van der Waals surface area contributed by atoms with Crippen LogP contribution >= 0.6 is 0 Å². The summed E-state index contributed by atoms with van der Waals surface area (Å²) in [7, 11) is 1.28. The van der Waals surface area contributed by atoms with Crippen LogP contribution in [0.2, 0.25) is 0 Å². The number of nitrogens with zero attached hydrogens (tertiary/aromatic N) is 2. The number of methoxy groups -OCH3 is 1. The molecule has 5 heteroatoms. The minimum atomic E-state index is -1.14. The van der Waals surface area contributed by atoms with Gasteiger partial charge in [-0.15, -0.1) is 0 Å². The highest BCUT2D eigenvalue weighted by atomic mass is 16.5. The summed E-state index contributed by atoms with van der Waals surface area (Å²) in [6.07, 6.45) is 1.11. The summed E-state index contributed by atoms with van der Waals surface area (Å²) in [5.74, 6) is -0.746. The molecule has 0 aromatic heterocycles. The number of nitriles is 1. The van der Waals surface area contributed by atoms with Crippen molar-refractivity contribution in [2.24, 2.45) is 0 Å². The molecule has 104 valence electrons. The second-order valence-electron chi connectivity index (χ2n) is 4.78. The summed E-state index contributed by atoms with van der Waals surface area (Å²) in [6, 6.07) is 10.8. The van der Waals surface area contributed by atoms with E-state index in [1.54, 1.807) is 24.3 Å². The van der Waals surface area contributed by atoms with Gasteiger partial charge in [-0.25, -0.2) is 4.79 Å².